The summed E-state index contributed by atoms with van der Waals surface area (Å²) in [4.78, 5) is 8.51. The van der Waals surface area contributed by atoms with Crippen molar-refractivity contribution in [1.82, 2.24) is 20.8 Å². The molecular weight excluding hydrogens is 369 g/mol. The van der Waals surface area contributed by atoms with Gasteiger partial charge in [0.15, 0.2) is 5.96 Å². The summed E-state index contributed by atoms with van der Waals surface area (Å²) in [6.45, 7) is 1.02. The zero-order valence-electron chi connectivity index (χ0n) is 14.7. The van der Waals surface area contributed by atoms with E-state index >= 15 is 0 Å². The Morgan fingerprint density at radius 1 is 1.19 bits per heavy atom. The summed E-state index contributed by atoms with van der Waals surface area (Å²) in [6.07, 6.45) is 0.536. The summed E-state index contributed by atoms with van der Waals surface area (Å²) >= 11 is 5.98. The Bertz CT molecular complexity index is 928. The van der Waals surface area contributed by atoms with Crippen LogP contribution >= 0.6 is 11.6 Å². The standard InChI is InChI=1S/C19H19ClFN5O/c1-22-19(24-12-13-4-2-7-16(21)10-13)23-9-8-17-25-18(26-27-17)14-5-3-6-15(20)11-14/h2-7,10-11H,8-9,12H2,1H3,(H2,22,23,24). The molecule has 0 aliphatic carbocycles. The van der Waals surface area contributed by atoms with Crippen molar-refractivity contribution in [2.75, 3.05) is 13.6 Å². The van der Waals surface area contributed by atoms with Gasteiger partial charge in [0, 0.05) is 37.1 Å². The highest BCUT2D eigenvalue weighted by Gasteiger charge is 2.09. The fraction of sp³-hybridized carbons (Fsp3) is 0.211. The first-order chi connectivity index (χ1) is 13.1. The summed E-state index contributed by atoms with van der Waals surface area (Å²) in [5.41, 5.74) is 1.64. The lowest BCUT2D eigenvalue weighted by Crippen LogP contribution is -2.37. The van der Waals surface area contributed by atoms with E-state index in [0.717, 1.165) is 11.1 Å². The van der Waals surface area contributed by atoms with E-state index in [2.05, 4.69) is 25.8 Å². The first-order valence-corrected chi connectivity index (χ1v) is 8.79. The Kier molecular flexibility index (Phi) is 6.38. The zero-order chi connectivity index (χ0) is 19.1. The molecule has 0 atom stereocenters. The molecule has 140 valence electrons. The lowest BCUT2D eigenvalue weighted by atomic mass is 10.2. The topological polar surface area (TPSA) is 75.3 Å². The van der Waals surface area contributed by atoms with E-state index in [1.807, 2.05) is 18.2 Å². The zero-order valence-corrected chi connectivity index (χ0v) is 15.5. The van der Waals surface area contributed by atoms with Crippen molar-refractivity contribution >= 4 is 17.6 Å². The Morgan fingerprint density at radius 2 is 2.04 bits per heavy atom. The molecule has 8 heteroatoms. The van der Waals surface area contributed by atoms with Gasteiger partial charge < -0.3 is 15.2 Å². The van der Waals surface area contributed by atoms with Crippen molar-refractivity contribution in [3.05, 3.63) is 70.8 Å². The minimum atomic E-state index is -0.260. The molecule has 0 bridgehead atoms. The molecule has 3 rings (SSSR count). The fourth-order valence-electron chi connectivity index (χ4n) is 2.44. The van der Waals surface area contributed by atoms with Crippen molar-refractivity contribution in [3.63, 3.8) is 0 Å². The molecule has 0 aliphatic heterocycles. The summed E-state index contributed by atoms with van der Waals surface area (Å²) in [5, 5.41) is 10.9. The number of hydrogen-bond donors (Lipinski definition) is 2. The predicted octanol–water partition coefficient (Wildman–Crippen LogP) is 3.44. The highest BCUT2D eigenvalue weighted by molar-refractivity contribution is 6.30. The Hall–Kier alpha value is -2.93. The minimum Gasteiger partial charge on any atom is -0.356 e. The lowest BCUT2D eigenvalue weighted by molar-refractivity contribution is 0.378. The van der Waals surface area contributed by atoms with Crippen LogP contribution in [0.1, 0.15) is 11.5 Å². The maximum Gasteiger partial charge on any atom is 0.228 e. The van der Waals surface area contributed by atoms with Gasteiger partial charge in [0.05, 0.1) is 0 Å². The first-order valence-electron chi connectivity index (χ1n) is 8.41. The third kappa shape index (κ3) is 5.52. The molecule has 2 aromatic carbocycles. The number of guanidine groups is 1. The highest BCUT2D eigenvalue weighted by Crippen LogP contribution is 2.19. The Balaban J connectivity index is 1.48. The van der Waals surface area contributed by atoms with Gasteiger partial charge in [0.1, 0.15) is 5.82 Å². The molecule has 0 radical (unpaired) electrons. The molecule has 1 heterocycles. The van der Waals surface area contributed by atoms with Crippen LogP contribution in [0.4, 0.5) is 4.39 Å². The van der Waals surface area contributed by atoms with Crippen LogP contribution in [-0.4, -0.2) is 29.7 Å². The van der Waals surface area contributed by atoms with Crippen molar-refractivity contribution in [1.29, 1.82) is 0 Å². The predicted molar refractivity (Wildman–Crippen MR) is 103 cm³/mol. The third-order valence-corrected chi connectivity index (χ3v) is 3.99. The molecule has 3 aromatic rings. The molecule has 0 amide bonds. The van der Waals surface area contributed by atoms with Crippen LogP contribution in [0.25, 0.3) is 11.4 Å². The van der Waals surface area contributed by atoms with Crippen molar-refractivity contribution in [2.45, 2.75) is 13.0 Å². The molecule has 0 aliphatic rings. The largest absolute Gasteiger partial charge is 0.356 e. The van der Waals surface area contributed by atoms with E-state index in [1.165, 1.54) is 12.1 Å². The van der Waals surface area contributed by atoms with E-state index in [9.17, 15) is 4.39 Å². The smallest absolute Gasteiger partial charge is 0.228 e. The van der Waals surface area contributed by atoms with Crippen LogP contribution in [0.2, 0.25) is 5.02 Å². The second-order valence-corrected chi connectivity index (χ2v) is 6.19. The molecule has 2 N–H and O–H groups in total. The van der Waals surface area contributed by atoms with Gasteiger partial charge in [-0.1, -0.05) is 41.0 Å². The second-order valence-electron chi connectivity index (χ2n) is 5.75. The van der Waals surface area contributed by atoms with Gasteiger partial charge in [-0.2, -0.15) is 4.98 Å². The van der Waals surface area contributed by atoms with Crippen molar-refractivity contribution in [2.24, 2.45) is 4.99 Å². The number of hydrogen-bond acceptors (Lipinski definition) is 4. The lowest BCUT2D eigenvalue weighted by Gasteiger charge is -2.11. The summed E-state index contributed by atoms with van der Waals surface area (Å²) in [5.74, 6) is 1.36. The Labute approximate surface area is 161 Å². The molecule has 1 aromatic heterocycles. The van der Waals surface area contributed by atoms with Crippen molar-refractivity contribution < 1.29 is 8.91 Å². The maximum absolute atomic E-state index is 13.2. The number of nitrogens with one attached hydrogen (secondary N) is 2. The van der Waals surface area contributed by atoms with Crippen LogP contribution in [0.15, 0.2) is 58.0 Å². The minimum absolute atomic E-state index is 0.260. The van der Waals surface area contributed by atoms with Crippen LogP contribution in [0.3, 0.4) is 0 Å². The van der Waals surface area contributed by atoms with E-state index in [1.54, 1.807) is 25.2 Å². The SMILES string of the molecule is CN=C(NCCc1nc(-c2cccc(Cl)c2)no1)NCc1cccc(F)c1. The summed E-state index contributed by atoms with van der Waals surface area (Å²) in [7, 11) is 1.67. The van der Waals surface area contributed by atoms with Gasteiger partial charge in [-0.05, 0) is 29.8 Å². The number of aliphatic imine (C=N–C) groups is 1. The van der Waals surface area contributed by atoms with Gasteiger partial charge in [-0.3, -0.25) is 4.99 Å². The van der Waals surface area contributed by atoms with Gasteiger partial charge in [-0.25, -0.2) is 4.39 Å². The third-order valence-electron chi connectivity index (χ3n) is 3.75. The second kappa shape index (κ2) is 9.14. The van der Waals surface area contributed by atoms with Crippen LogP contribution in [-0.2, 0) is 13.0 Å². The number of aromatic nitrogens is 2. The molecule has 0 spiro atoms. The summed E-state index contributed by atoms with van der Waals surface area (Å²) in [6, 6.07) is 13.7. The fourth-order valence-corrected chi connectivity index (χ4v) is 2.63. The monoisotopic (exact) mass is 387 g/mol. The number of nitrogens with zero attached hydrogens (tertiary/aromatic N) is 3. The first kappa shape index (κ1) is 18.8. The molecule has 0 fully saturated rings. The Morgan fingerprint density at radius 3 is 2.81 bits per heavy atom. The van der Waals surface area contributed by atoms with Crippen LogP contribution in [0.5, 0.6) is 0 Å². The molecule has 27 heavy (non-hydrogen) atoms. The van der Waals surface area contributed by atoms with Gasteiger partial charge >= 0.3 is 0 Å². The number of halogens is 2. The average Bonchev–Trinajstić information content (AvgIpc) is 3.13. The van der Waals surface area contributed by atoms with E-state index in [-0.39, 0.29) is 5.82 Å². The molecule has 0 saturated carbocycles. The van der Waals surface area contributed by atoms with Crippen LogP contribution in [0, 0.1) is 5.82 Å². The van der Waals surface area contributed by atoms with Gasteiger partial charge in [-0.15, -0.1) is 0 Å². The van der Waals surface area contributed by atoms with E-state index < -0.39 is 0 Å². The van der Waals surface area contributed by atoms with E-state index in [4.69, 9.17) is 16.1 Å². The molecule has 0 saturated heterocycles. The highest BCUT2D eigenvalue weighted by atomic mass is 35.5. The molecule has 0 unspecified atom stereocenters. The van der Waals surface area contributed by atoms with Crippen molar-refractivity contribution in [3.8, 4) is 11.4 Å². The van der Waals surface area contributed by atoms with E-state index in [0.29, 0.717) is 42.2 Å². The van der Waals surface area contributed by atoms with Gasteiger partial charge in [0.2, 0.25) is 11.7 Å². The molecule has 6 nitrogen and oxygen atoms in total. The maximum atomic E-state index is 13.2. The molecular formula is C19H19ClFN5O. The average molecular weight is 388 g/mol. The van der Waals surface area contributed by atoms with Crippen LogP contribution < -0.4 is 10.6 Å². The van der Waals surface area contributed by atoms with Gasteiger partial charge in [0.25, 0.3) is 0 Å². The number of benzene rings is 2. The quantitative estimate of drug-likeness (QED) is 0.500. The summed E-state index contributed by atoms with van der Waals surface area (Å²) < 4.78 is 18.5. The number of rotatable bonds is 6. The normalized spacial score (nSPS) is 11.4.